The Kier molecular flexibility index (Phi) is 2.09. The van der Waals surface area contributed by atoms with Crippen molar-refractivity contribution in [1.29, 1.82) is 0 Å². The third kappa shape index (κ3) is 1.64. The first-order valence-corrected chi connectivity index (χ1v) is 5.15. The molecule has 3 aromatic rings. The summed E-state index contributed by atoms with van der Waals surface area (Å²) in [5.74, 6) is 6.45. The molecule has 0 aliphatic heterocycles. The van der Waals surface area contributed by atoms with Crippen molar-refractivity contribution in [2.75, 3.05) is 5.43 Å². The zero-order chi connectivity index (χ0) is 11.8. The fourth-order valence-corrected chi connectivity index (χ4v) is 1.75. The van der Waals surface area contributed by atoms with Crippen molar-refractivity contribution in [3.05, 3.63) is 30.3 Å². The molecule has 2 heterocycles. The summed E-state index contributed by atoms with van der Waals surface area (Å²) >= 11 is 0. The van der Waals surface area contributed by atoms with Gasteiger partial charge < -0.3 is 9.40 Å². The van der Waals surface area contributed by atoms with Gasteiger partial charge in [0.15, 0.2) is 11.5 Å². The summed E-state index contributed by atoms with van der Waals surface area (Å²) in [7, 11) is 0. The highest BCUT2D eigenvalue weighted by atomic mass is 16.3. The van der Waals surface area contributed by atoms with Gasteiger partial charge in [-0.25, -0.2) is 15.8 Å². The van der Waals surface area contributed by atoms with E-state index in [1.165, 1.54) is 0 Å². The number of rotatable bonds is 2. The number of nitrogens with zero attached hydrogens (tertiary/aromatic N) is 2. The van der Waals surface area contributed by atoms with Gasteiger partial charge in [0.2, 0.25) is 5.95 Å². The molecule has 0 saturated heterocycles. The van der Waals surface area contributed by atoms with E-state index in [1.54, 1.807) is 6.20 Å². The second kappa shape index (κ2) is 3.60. The summed E-state index contributed by atoms with van der Waals surface area (Å²) in [5.41, 5.74) is 5.93. The minimum atomic E-state index is 0.524. The number of nitrogens with one attached hydrogen (secondary N) is 2. The van der Waals surface area contributed by atoms with E-state index in [0.717, 1.165) is 22.4 Å². The topological polar surface area (TPSA) is 92.8 Å². The summed E-state index contributed by atoms with van der Waals surface area (Å²) in [4.78, 5) is 11.4. The molecular formula is C11H11N5O. The summed E-state index contributed by atoms with van der Waals surface area (Å²) in [5, 5.41) is 0. The Morgan fingerprint density at radius 1 is 1.41 bits per heavy atom. The molecule has 6 nitrogen and oxygen atoms in total. The van der Waals surface area contributed by atoms with Crippen molar-refractivity contribution in [3.63, 3.8) is 0 Å². The molecule has 3 rings (SSSR count). The number of oxazole rings is 1. The molecule has 0 aliphatic rings. The Morgan fingerprint density at radius 2 is 2.29 bits per heavy atom. The van der Waals surface area contributed by atoms with E-state index in [2.05, 4.69) is 20.4 Å². The van der Waals surface area contributed by atoms with Gasteiger partial charge in [0.25, 0.3) is 0 Å². The van der Waals surface area contributed by atoms with Crippen molar-refractivity contribution in [2.45, 2.75) is 6.92 Å². The van der Waals surface area contributed by atoms with Gasteiger partial charge in [-0.15, -0.1) is 0 Å². The SMILES string of the molecule is Cc1nc2cc(-c3cnc(NN)[nH]3)ccc2o1. The molecule has 86 valence electrons. The number of fused-ring (bicyclic) bond motifs is 1. The summed E-state index contributed by atoms with van der Waals surface area (Å²) in [6.45, 7) is 1.83. The van der Waals surface area contributed by atoms with Crippen LogP contribution in [0.15, 0.2) is 28.8 Å². The number of imidazole rings is 1. The zero-order valence-electron chi connectivity index (χ0n) is 9.19. The van der Waals surface area contributed by atoms with Crippen molar-refractivity contribution < 1.29 is 4.42 Å². The molecule has 1 aromatic carbocycles. The Bertz CT molecular complexity index is 669. The van der Waals surface area contributed by atoms with Crippen molar-refractivity contribution in [2.24, 2.45) is 5.84 Å². The van der Waals surface area contributed by atoms with Crippen molar-refractivity contribution >= 4 is 17.0 Å². The van der Waals surface area contributed by atoms with Crippen LogP contribution < -0.4 is 11.3 Å². The van der Waals surface area contributed by atoms with Gasteiger partial charge in [-0.2, -0.15) is 0 Å². The Balaban J connectivity index is 2.10. The number of aromatic amines is 1. The molecule has 0 aliphatic carbocycles. The van der Waals surface area contributed by atoms with E-state index < -0.39 is 0 Å². The lowest BCUT2D eigenvalue weighted by atomic mass is 10.1. The van der Waals surface area contributed by atoms with E-state index in [0.29, 0.717) is 11.8 Å². The Labute approximate surface area is 96.8 Å². The molecule has 0 spiro atoms. The first-order chi connectivity index (χ1) is 8.26. The number of anilines is 1. The highest BCUT2D eigenvalue weighted by molar-refractivity contribution is 5.79. The van der Waals surface area contributed by atoms with Gasteiger partial charge in [-0.3, -0.25) is 5.43 Å². The number of nitrogen functional groups attached to an aromatic ring is 1. The van der Waals surface area contributed by atoms with E-state index in [-0.39, 0.29) is 0 Å². The highest BCUT2D eigenvalue weighted by Gasteiger charge is 2.06. The predicted octanol–water partition coefficient (Wildman–Crippen LogP) is 1.81. The lowest BCUT2D eigenvalue weighted by Crippen LogP contribution is -2.07. The lowest BCUT2D eigenvalue weighted by molar-refractivity contribution is 0.561. The molecule has 6 heteroatoms. The van der Waals surface area contributed by atoms with Crippen LogP contribution in [-0.4, -0.2) is 15.0 Å². The first-order valence-electron chi connectivity index (χ1n) is 5.15. The molecule has 0 fully saturated rings. The van der Waals surface area contributed by atoms with E-state index in [1.807, 2.05) is 25.1 Å². The summed E-state index contributed by atoms with van der Waals surface area (Å²) in [6, 6.07) is 5.78. The van der Waals surface area contributed by atoms with Crippen LogP contribution in [0.2, 0.25) is 0 Å². The lowest BCUT2D eigenvalue weighted by Gasteiger charge is -1.96. The maximum atomic E-state index is 5.42. The standard InChI is InChI=1S/C11H11N5O/c1-6-14-8-4-7(2-3-10(8)17-6)9-5-13-11(15-9)16-12/h2-5H,12H2,1H3,(H2,13,15,16). The van der Waals surface area contributed by atoms with Crippen LogP contribution in [0, 0.1) is 6.92 Å². The van der Waals surface area contributed by atoms with E-state index in [9.17, 15) is 0 Å². The number of nitrogens with two attached hydrogens (primary N) is 1. The number of hydrogen-bond acceptors (Lipinski definition) is 5. The Morgan fingerprint density at radius 3 is 3.06 bits per heavy atom. The molecule has 0 amide bonds. The van der Waals surface area contributed by atoms with Gasteiger partial charge in [-0.05, 0) is 18.2 Å². The molecule has 17 heavy (non-hydrogen) atoms. The molecule has 0 saturated carbocycles. The maximum Gasteiger partial charge on any atom is 0.215 e. The van der Waals surface area contributed by atoms with Crippen LogP contribution in [0.25, 0.3) is 22.4 Å². The van der Waals surface area contributed by atoms with Crippen LogP contribution in [0.3, 0.4) is 0 Å². The van der Waals surface area contributed by atoms with Crippen molar-refractivity contribution in [1.82, 2.24) is 15.0 Å². The molecule has 0 radical (unpaired) electrons. The maximum absolute atomic E-state index is 5.42. The normalized spacial score (nSPS) is 10.9. The summed E-state index contributed by atoms with van der Waals surface area (Å²) < 4.78 is 5.42. The number of H-pyrrole nitrogens is 1. The smallest absolute Gasteiger partial charge is 0.215 e. The molecule has 0 atom stereocenters. The van der Waals surface area contributed by atoms with Crippen LogP contribution >= 0.6 is 0 Å². The minimum Gasteiger partial charge on any atom is -0.441 e. The molecule has 0 bridgehead atoms. The highest BCUT2D eigenvalue weighted by Crippen LogP contribution is 2.23. The largest absolute Gasteiger partial charge is 0.441 e. The van der Waals surface area contributed by atoms with Gasteiger partial charge in [0.1, 0.15) is 5.52 Å². The molecular weight excluding hydrogens is 218 g/mol. The number of hydrogen-bond donors (Lipinski definition) is 3. The van der Waals surface area contributed by atoms with Crippen LogP contribution in [0.4, 0.5) is 5.95 Å². The second-order valence-electron chi connectivity index (χ2n) is 3.71. The monoisotopic (exact) mass is 229 g/mol. The quantitative estimate of drug-likeness (QED) is 0.460. The number of aromatic nitrogens is 3. The van der Waals surface area contributed by atoms with E-state index >= 15 is 0 Å². The van der Waals surface area contributed by atoms with Gasteiger partial charge in [0.05, 0.1) is 11.9 Å². The second-order valence-corrected chi connectivity index (χ2v) is 3.71. The van der Waals surface area contributed by atoms with E-state index in [4.69, 9.17) is 10.3 Å². The minimum absolute atomic E-state index is 0.524. The third-order valence-electron chi connectivity index (χ3n) is 2.52. The molecule has 0 unspecified atom stereocenters. The number of aryl methyl sites for hydroxylation is 1. The van der Waals surface area contributed by atoms with Crippen LogP contribution in [0.5, 0.6) is 0 Å². The van der Waals surface area contributed by atoms with Gasteiger partial charge >= 0.3 is 0 Å². The third-order valence-corrected chi connectivity index (χ3v) is 2.52. The zero-order valence-corrected chi connectivity index (χ0v) is 9.19. The average Bonchev–Trinajstić information content (AvgIpc) is 2.92. The van der Waals surface area contributed by atoms with Crippen molar-refractivity contribution in [3.8, 4) is 11.3 Å². The summed E-state index contributed by atoms with van der Waals surface area (Å²) in [6.07, 6.45) is 1.71. The van der Waals surface area contributed by atoms with Crippen LogP contribution in [-0.2, 0) is 0 Å². The number of hydrazine groups is 1. The number of benzene rings is 1. The fourth-order valence-electron chi connectivity index (χ4n) is 1.75. The fraction of sp³-hybridized carbons (Fsp3) is 0.0909. The molecule has 4 N–H and O–H groups in total. The Hall–Kier alpha value is -2.34. The first kappa shape index (κ1) is 9.86. The molecule has 2 aromatic heterocycles. The average molecular weight is 229 g/mol. The van der Waals surface area contributed by atoms with Gasteiger partial charge in [-0.1, -0.05) is 0 Å². The predicted molar refractivity (Wildman–Crippen MR) is 64.1 cm³/mol. The van der Waals surface area contributed by atoms with Crippen LogP contribution in [0.1, 0.15) is 5.89 Å². The van der Waals surface area contributed by atoms with Gasteiger partial charge in [0, 0.05) is 12.5 Å².